The maximum Gasteiger partial charge on any atom is 0.257 e. The molecule has 0 aliphatic rings. The van der Waals surface area contributed by atoms with Crippen molar-refractivity contribution in [2.75, 3.05) is 5.32 Å². The summed E-state index contributed by atoms with van der Waals surface area (Å²) in [6.07, 6.45) is 1.73. The van der Waals surface area contributed by atoms with E-state index in [-0.39, 0.29) is 5.91 Å². The summed E-state index contributed by atoms with van der Waals surface area (Å²) in [7, 11) is 0. The molecule has 0 bridgehead atoms. The van der Waals surface area contributed by atoms with Crippen molar-refractivity contribution in [1.29, 1.82) is 0 Å². The Morgan fingerprint density at radius 3 is 2.78 bits per heavy atom. The first-order valence-electron chi connectivity index (χ1n) is 5.53. The molecule has 0 atom stereocenters. The second kappa shape index (κ2) is 4.58. The lowest BCUT2D eigenvalue weighted by Crippen LogP contribution is -2.10. The highest BCUT2D eigenvalue weighted by molar-refractivity contribution is 7.17. The number of nitrogens with one attached hydrogen (secondary N) is 1. The van der Waals surface area contributed by atoms with Crippen LogP contribution in [0.2, 0.25) is 0 Å². The molecule has 0 saturated carbocycles. The summed E-state index contributed by atoms with van der Waals surface area (Å²) < 4.78 is 0. The molecule has 0 aliphatic carbocycles. The summed E-state index contributed by atoms with van der Waals surface area (Å²) >= 11 is 1.48. The van der Waals surface area contributed by atoms with Gasteiger partial charge in [-0.2, -0.15) is 0 Å². The molecule has 0 unspecified atom stereocenters. The number of anilines is 1. The molecule has 0 saturated heterocycles. The zero-order valence-electron chi connectivity index (χ0n) is 9.46. The number of pyridine rings is 1. The van der Waals surface area contributed by atoms with E-state index in [1.165, 1.54) is 11.3 Å². The number of fused-ring (bicyclic) bond motifs is 1. The number of benzene rings is 1. The molecule has 4 heteroatoms. The maximum atomic E-state index is 12.2. The van der Waals surface area contributed by atoms with Gasteiger partial charge in [0.05, 0.1) is 5.56 Å². The lowest BCUT2D eigenvalue weighted by molar-refractivity contribution is 0.102. The van der Waals surface area contributed by atoms with E-state index in [1.54, 1.807) is 6.20 Å². The largest absolute Gasteiger partial charge is 0.322 e. The number of aromatic nitrogens is 1. The van der Waals surface area contributed by atoms with Crippen molar-refractivity contribution in [3.8, 4) is 0 Å². The van der Waals surface area contributed by atoms with Crippen LogP contribution in [-0.4, -0.2) is 10.9 Å². The number of para-hydroxylation sites is 1. The number of hydrogen-bond acceptors (Lipinski definition) is 3. The standard InChI is InChI=1S/C14H10N2OS/c17-13(16-10-5-2-1-3-6-10)12-9-18-14-11(12)7-4-8-15-14/h1-9H,(H,16,17). The topological polar surface area (TPSA) is 42.0 Å². The van der Waals surface area contributed by atoms with E-state index in [9.17, 15) is 4.79 Å². The minimum absolute atomic E-state index is 0.0968. The van der Waals surface area contributed by atoms with E-state index in [4.69, 9.17) is 0 Å². The maximum absolute atomic E-state index is 12.2. The molecule has 0 radical (unpaired) electrons. The number of amides is 1. The fourth-order valence-electron chi connectivity index (χ4n) is 1.76. The fraction of sp³-hybridized carbons (Fsp3) is 0. The zero-order valence-corrected chi connectivity index (χ0v) is 10.3. The molecule has 0 spiro atoms. The van der Waals surface area contributed by atoms with E-state index in [2.05, 4.69) is 10.3 Å². The molecule has 1 N–H and O–H groups in total. The van der Waals surface area contributed by atoms with Crippen molar-refractivity contribution in [3.63, 3.8) is 0 Å². The first-order chi connectivity index (χ1) is 8.84. The summed E-state index contributed by atoms with van der Waals surface area (Å²) in [4.78, 5) is 17.3. The van der Waals surface area contributed by atoms with E-state index >= 15 is 0 Å². The van der Waals surface area contributed by atoms with Crippen molar-refractivity contribution >= 4 is 33.1 Å². The molecule has 88 valence electrons. The summed E-state index contributed by atoms with van der Waals surface area (Å²) in [5.41, 5.74) is 1.47. The van der Waals surface area contributed by atoms with Gasteiger partial charge in [0, 0.05) is 22.7 Å². The van der Waals surface area contributed by atoms with E-state index < -0.39 is 0 Å². The van der Waals surface area contributed by atoms with Crippen molar-refractivity contribution in [1.82, 2.24) is 4.98 Å². The van der Waals surface area contributed by atoms with Crippen LogP contribution in [0.4, 0.5) is 5.69 Å². The van der Waals surface area contributed by atoms with Gasteiger partial charge in [0.2, 0.25) is 0 Å². The van der Waals surface area contributed by atoms with Crippen molar-refractivity contribution in [3.05, 3.63) is 59.6 Å². The van der Waals surface area contributed by atoms with Gasteiger partial charge in [0.1, 0.15) is 4.83 Å². The second-order valence-corrected chi connectivity index (χ2v) is 4.68. The van der Waals surface area contributed by atoms with E-state index in [1.807, 2.05) is 47.8 Å². The highest BCUT2D eigenvalue weighted by Gasteiger charge is 2.12. The van der Waals surface area contributed by atoms with Crippen molar-refractivity contribution in [2.45, 2.75) is 0 Å². The molecule has 2 heterocycles. The van der Waals surface area contributed by atoms with Gasteiger partial charge < -0.3 is 5.32 Å². The third-order valence-electron chi connectivity index (χ3n) is 2.63. The zero-order chi connectivity index (χ0) is 12.4. The molecule has 0 aliphatic heterocycles. The van der Waals surface area contributed by atoms with E-state index in [0.717, 1.165) is 15.9 Å². The summed E-state index contributed by atoms with van der Waals surface area (Å²) in [6, 6.07) is 13.2. The first-order valence-corrected chi connectivity index (χ1v) is 6.41. The lowest BCUT2D eigenvalue weighted by atomic mass is 10.2. The number of nitrogens with zero attached hydrogens (tertiary/aromatic N) is 1. The average Bonchev–Trinajstić information content (AvgIpc) is 2.84. The number of hydrogen-bond donors (Lipinski definition) is 1. The minimum atomic E-state index is -0.0968. The number of carbonyl (C=O) groups excluding carboxylic acids is 1. The van der Waals surface area contributed by atoms with Crippen LogP contribution in [0.1, 0.15) is 10.4 Å². The second-order valence-electron chi connectivity index (χ2n) is 3.83. The van der Waals surface area contributed by atoms with Crippen LogP contribution in [0.15, 0.2) is 54.0 Å². The fourth-order valence-corrected chi connectivity index (χ4v) is 2.65. The minimum Gasteiger partial charge on any atom is -0.322 e. The molecule has 3 rings (SSSR count). The quantitative estimate of drug-likeness (QED) is 0.760. The number of carbonyl (C=O) groups is 1. The summed E-state index contributed by atoms with van der Waals surface area (Å²) in [5.74, 6) is -0.0968. The van der Waals surface area contributed by atoms with Crippen LogP contribution in [0.3, 0.4) is 0 Å². The van der Waals surface area contributed by atoms with Crippen LogP contribution >= 0.6 is 11.3 Å². The lowest BCUT2D eigenvalue weighted by Gasteiger charge is -2.03. The molecule has 0 fully saturated rings. The van der Waals surface area contributed by atoms with Gasteiger partial charge in [0.25, 0.3) is 5.91 Å². The Bertz CT molecular complexity index is 691. The first kappa shape index (κ1) is 10.9. The van der Waals surface area contributed by atoms with Crippen LogP contribution < -0.4 is 5.32 Å². The Balaban J connectivity index is 1.93. The molecule has 1 aromatic carbocycles. The van der Waals surface area contributed by atoms with Crippen LogP contribution in [-0.2, 0) is 0 Å². The molecule has 3 nitrogen and oxygen atoms in total. The van der Waals surface area contributed by atoms with Crippen LogP contribution in [0.25, 0.3) is 10.2 Å². The van der Waals surface area contributed by atoms with Crippen LogP contribution in [0.5, 0.6) is 0 Å². The van der Waals surface area contributed by atoms with Crippen molar-refractivity contribution in [2.24, 2.45) is 0 Å². The molecular formula is C14H10N2OS. The highest BCUT2D eigenvalue weighted by Crippen LogP contribution is 2.24. The van der Waals surface area contributed by atoms with Crippen molar-refractivity contribution < 1.29 is 4.79 Å². The Morgan fingerprint density at radius 1 is 1.11 bits per heavy atom. The van der Waals surface area contributed by atoms with Gasteiger partial charge in [-0.15, -0.1) is 11.3 Å². The summed E-state index contributed by atoms with van der Waals surface area (Å²) in [6.45, 7) is 0. The SMILES string of the molecule is O=C(Nc1ccccc1)c1csc2ncccc12. The number of thiophene rings is 1. The monoisotopic (exact) mass is 254 g/mol. The molecule has 18 heavy (non-hydrogen) atoms. The Morgan fingerprint density at radius 2 is 1.94 bits per heavy atom. The van der Waals surface area contributed by atoms with Gasteiger partial charge in [-0.3, -0.25) is 4.79 Å². The Kier molecular flexibility index (Phi) is 2.78. The third kappa shape index (κ3) is 1.98. The van der Waals surface area contributed by atoms with E-state index in [0.29, 0.717) is 5.56 Å². The van der Waals surface area contributed by atoms with Gasteiger partial charge in [0.15, 0.2) is 0 Å². The predicted molar refractivity (Wildman–Crippen MR) is 74.0 cm³/mol. The highest BCUT2D eigenvalue weighted by atomic mass is 32.1. The smallest absolute Gasteiger partial charge is 0.257 e. The Hall–Kier alpha value is -2.20. The summed E-state index contributed by atoms with van der Waals surface area (Å²) in [5, 5.41) is 5.62. The third-order valence-corrected chi connectivity index (χ3v) is 3.53. The van der Waals surface area contributed by atoms with Gasteiger partial charge in [-0.05, 0) is 24.3 Å². The predicted octanol–water partition coefficient (Wildman–Crippen LogP) is 3.55. The molecule has 1 amide bonds. The van der Waals surface area contributed by atoms with Gasteiger partial charge in [-0.1, -0.05) is 18.2 Å². The average molecular weight is 254 g/mol. The Labute approximate surface area is 108 Å². The number of rotatable bonds is 2. The molecule has 2 aromatic heterocycles. The van der Waals surface area contributed by atoms with Crippen LogP contribution in [0, 0.1) is 0 Å². The molecule has 3 aromatic rings. The normalized spacial score (nSPS) is 10.4. The van der Waals surface area contributed by atoms with Gasteiger partial charge in [-0.25, -0.2) is 4.98 Å². The van der Waals surface area contributed by atoms with Gasteiger partial charge >= 0.3 is 0 Å². The molecular weight excluding hydrogens is 244 g/mol.